The molecule has 0 saturated heterocycles. The summed E-state index contributed by atoms with van der Waals surface area (Å²) in [6, 6.07) is 0. The molecule has 0 fully saturated rings. The molecule has 0 radical (unpaired) electrons. The van der Waals surface area contributed by atoms with Crippen molar-refractivity contribution in [1.82, 2.24) is 0 Å². The lowest BCUT2D eigenvalue weighted by Crippen LogP contribution is -2.14. The third-order valence-electron chi connectivity index (χ3n) is 2.13. The van der Waals surface area contributed by atoms with Crippen LogP contribution >= 0.6 is 0 Å². The first-order valence-electron chi connectivity index (χ1n) is 5.96. The second-order valence-corrected chi connectivity index (χ2v) is 3.81. The van der Waals surface area contributed by atoms with Crippen LogP contribution in [0.4, 0.5) is 0 Å². The molecule has 16 heavy (non-hydrogen) atoms. The minimum absolute atomic E-state index is 0.00168. The Morgan fingerprint density at radius 3 is 2.44 bits per heavy atom. The third-order valence-corrected chi connectivity index (χ3v) is 2.13. The number of hydrogen-bond acceptors (Lipinski definition) is 4. The molecule has 0 aliphatic rings. The summed E-state index contributed by atoms with van der Waals surface area (Å²) in [6.07, 6.45) is 2.71. The molecule has 0 aromatic carbocycles. The zero-order chi connectivity index (χ0) is 12.4. The first-order valence-corrected chi connectivity index (χ1v) is 5.96. The standard InChI is InChI=1S/C12H24O4/c1-5-14-12(4)15-9-7-6-8-10(2)16-11(3)13/h10,12H,5-9H2,1-4H3. The molecule has 0 aliphatic carbocycles. The Kier molecular flexibility index (Phi) is 9.24. The van der Waals surface area contributed by atoms with Crippen LogP contribution in [0.3, 0.4) is 0 Å². The molecule has 0 saturated carbocycles. The highest BCUT2D eigenvalue weighted by Crippen LogP contribution is 2.05. The van der Waals surface area contributed by atoms with E-state index in [4.69, 9.17) is 14.2 Å². The summed E-state index contributed by atoms with van der Waals surface area (Å²) < 4.78 is 15.7. The lowest BCUT2D eigenvalue weighted by Gasteiger charge is -2.14. The highest BCUT2D eigenvalue weighted by molar-refractivity contribution is 5.66. The molecule has 2 atom stereocenters. The van der Waals surface area contributed by atoms with Gasteiger partial charge in [-0.25, -0.2) is 0 Å². The number of esters is 1. The van der Waals surface area contributed by atoms with Gasteiger partial charge in [-0.05, 0) is 40.0 Å². The summed E-state index contributed by atoms with van der Waals surface area (Å²) >= 11 is 0. The first-order chi connectivity index (χ1) is 7.56. The molecule has 0 amide bonds. The number of rotatable bonds is 9. The van der Waals surface area contributed by atoms with Crippen LogP contribution in [-0.2, 0) is 19.0 Å². The van der Waals surface area contributed by atoms with Crippen LogP contribution in [0.2, 0.25) is 0 Å². The van der Waals surface area contributed by atoms with E-state index in [0.717, 1.165) is 19.3 Å². The van der Waals surface area contributed by atoms with Gasteiger partial charge in [0.25, 0.3) is 0 Å². The molecule has 0 aromatic rings. The predicted octanol–water partition coefficient (Wildman–Crippen LogP) is 2.51. The fourth-order valence-electron chi connectivity index (χ4n) is 1.41. The second-order valence-electron chi connectivity index (χ2n) is 3.81. The van der Waals surface area contributed by atoms with Crippen molar-refractivity contribution in [1.29, 1.82) is 0 Å². The van der Waals surface area contributed by atoms with Gasteiger partial charge in [-0.3, -0.25) is 4.79 Å². The van der Waals surface area contributed by atoms with Gasteiger partial charge in [-0.1, -0.05) is 0 Å². The van der Waals surface area contributed by atoms with Gasteiger partial charge < -0.3 is 14.2 Å². The monoisotopic (exact) mass is 232 g/mol. The normalized spacial score (nSPS) is 14.5. The number of carbonyl (C=O) groups is 1. The zero-order valence-electron chi connectivity index (χ0n) is 10.8. The fourth-order valence-corrected chi connectivity index (χ4v) is 1.41. The van der Waals surface area contributed by atoms with Crippen molar-refractivity contribution >= 4 is 5.97 Å². The molecule has 96 valence electrons. The Hall–Kier alpha value is -0.610. The SMILES string of the molecule is CCOC(C)OCCCCC(C)OC(C)=O. The van der Waals surface area contributed by atoms with Gasteiger partial charge in [0.2, 0.25) is 0 Å². The number of hydrogen-bond donors (Lipinski definition) is 0. The van der Waals surface area contributed by atoms with Crippen LogP contribution in [0, 0.1) is 0 Å². The van der Waals surface area contributed by atoms with Crippen molar-refractivity contribution in [2.45, 2.75) is 59.4 Å². The summed E-state index contributed by atoms with van der Waals surface area (Å²) in [4.78, 5) is 10.6. The Morgan fingerprint density at radius 1 is 1.19 bits per heavy atom. The lowest BCUT2D eigenvalue weighted by atomic mass is 10.2. The summed E-state index contributed by atoms with van der Waals surface area (Å²) in [5, 5.41) is 0. The molecule has 0 spiro atoms. The maximum absolute atomic E-state index is 10.6. The molecule has 0 rings (SSSR count). The van der Waals surface area contributed by atoms with Crippen LogP contribution < -0.4 is 0 Å². The largest absolute Gasteiger partial charge is 0.463 e. The van der Waals surface area contributed by atoms with Crippen molar-refractivity contribution < 1.29 is 19.0 Å². The Labute approximate surface area is 98.3 Å². The van der Waals surface area contributed by atoms with Gasteiger partial charge in [-0.15, -0.1) is 0 Å². The van der Waals surface area contributed by atoms with E-state index in [1.807, 2.05) is 20.8 Å². The Bertz CT molecular complexity index is 182. The highest BCUT2D eigenvalue weighted by atomic mass is 16.7. The minimum Gasteiger partial charge on any atom is -0.463 e. The molecule has 0 heterocycles. The van der Waals surface area contributed by atoms with Gasteiger partial charge in [0.1, 0.15) is 0 Å². The van der Waals surface area contributed by atoms with Gasteiger partial charge in [-0.2, -0.15) is 0 Å². The van der Waals surface area contributed by atoms with E-state index in [9.17, 15) is 4.79 Å². The molecule has 0 bridgehead atoms. The van der Waals surface area contributed by atoms with E-state index in [1.165, 1.54) is 6.92 Å². The average molecular weight is 232 g/mol. The summed E-state index contributed by atoms with van der Waals surface area (Å²) in [5.74, 6) is -0.214. The molecule has 2 unspecified atom stereocenters. The van der Waals surface area contributed by atoms with Crippen molar-refractivity contribution in [2.75, 3.05) is 13.2 Å². The van der Waals surface area contributed by atoms with Crippen LogP contribution in [0.25, 0.3) is 0 Å². The van der Waals surface area contributed by atoms with Gasteiger partial charge in [0.05, 0.1) is 6.10 Å². The van der Waals surface area contributed by atoms with Crippen LogP contribution in [0.15, 0.2) is 0 Å². The predicted molar refractivity (Wildman–Crippen MR) is 62.1 cm³/mol. The second kappa shape index (κ2) is 9.60. The van der Waals surface area contributed by atoms with Crippen LogP contribution in [0.5, 0.6) is 0 Å². The number of unbranched alkanes of at least 4 members (excludes halogenated alkanes) is 1. The van der Waals surface area contributed by atoms with E-state index in [-0.39, 0.29) is 18.4 Å². The quantitative estimate of drug-likeness (QED) is 0.348. The summed E-state index contributed by atoms with van der Waals surface area (Å²) in [5.41, 5.74) is 0. The maximum Gasteiger partial charge on any atom is 0.302 e. The summed E-state index contributed by atoms with van der Waals surface area (Å²) in [7, 11) is 0. The van der Waals surface area contributed by atoms with E-state index < -0.39 is 0 Å². The Balaban J connectivity index is 3.29. The molecular formula is C12H24O4. The molecule has 4 heteroatoms. The maximum atomic E-state index is 10.6. The molecule has 4 nitrogen and oxygen atoms in total. The number of carbonyl (C=O) groups excluding carboxylic acids is 1. The van der Waals surface area contributed by atoms with E-state index in [0.29, 0.717) is 13.2 Å². The minimum atomic E-state index is -0.214. The number of ether oxygens (including phenoxy) is 3. The molecule has 0 aliphatic heterocycles. The summed E-state index contributed by atoms with van der Waals surface area (Å²) in [6.45, 7) is 8.54. The molecular weight excluding hydrogens is 208 g/mol. The van der Waals surface area contributed by atoms with Gasteiger partial charge >= 0.3 is 5.97 Å². The van der Waals surface area contributed by atoms with Crippen LogP contribution in [0.1, 0.15) is 47.0 Å². The fraction of sp³-hybridized carbons (Fsp3) is 0.917. The highest BCUT2D eigenvalue weighted by Gasteiger charge is 2.05. The van der Waals surface area contributed by atoms with Crippen LogP contribution in [-0.4, -0.2) is 31.6 Å². The van der Waals surface area contributed by atoms with E-state index in [2.05, 4.69) is 0 Å². The van der Waals surface area contributed by atoms with Gasteiger partial charge in [0.15, 0.2) is 6.29 Å². The zero-order valence-corrected chi connectivity index (χ0v) is 10.8. The molecule has 0 N–H and O–H groups in total. The third kappa shape index (κ3) is 9.93. The molecule has 0 aromatic heterocycles. The van der Waals surface area contributed by atoms with Crippen molar-refractivity contribution in [3.05, 3.63) is 0 Å². The van der Waals surface area contributed by atoms with E-state index >= 15 is 0 Å². The van der Waals surface area contributed by atoms with Gasteiger partial charge in [0, 0.05) is 20.1 Å². The lowest BCUT2D eigenvalue weighted by molar-refractivity contribution is -0.145. The van der Waals surface area contributed by atoms with Crippen molar-refractivity contribution in [3.8, 4) is 0 Å². The van der Waals surface area contributed by atoms with Crippen molar-refractivity contribution in [3.63, 3.8) is 0 Å². The van der Waals surface area contributed by atoms with Crippen molar-refractivity contribution in [2.24, 2.45) is 0 Å². The first kappa shape index (κ1) is 15.4. The Morgan fingerprint density at radius 2 is 1.88 bits per heavy atom. The average Bonchev–Trinajstić information content (AvgIpc) is 2.16. The topological polar surface area (TPSA) is 44.8 Å². The van der Waals surface area contributed by atoms with E-state index in [1.54, 1.807) is 0 Å². The smallest absolute Gasteiger partial charge is 0.302 e.